The fraction of sp³-hybridized carbons (Fsp3) is 0.0169. The molecule has 1 heterocycles. The van der Waals surface area contributed by atoms with E-state index in [1.54, 1.807) is 0 Å². The van der Waals surface area contributed by atoms with Gasteiger partial charge >= 0.3 is 0 Å². The lowest BCUT2D eigenvalue weighted by Gasteiger charge is -2.41. The fourth-order valence-corrected chi connectivity index (χ4v) is 10.8. The number of benzene rings is 10. The Hall–Kier alpha value is -7.94. The van der Waals surface area contributed by atoms with Gasteiger partial charge in [-0.3, -0.25) is 0 Å². The van der Waals surface area contributed by atoms with Crippen molar-refractivity contribution in [1.82, 2.24) is 0 Å². The van der Waals surface area contributed by atoms with Crippen LogP contribution in [0, 0.1) is 0 Å². The first-order valence-electron chi connectivity index (χ1n) is 21.1. The van der Waals surface area contributed by atoms with E-state index in [4.69, 9.17) is 4.42 Å². The van der Waals surface area contributed by atoms with Gasteiger partial charge < -0.3 is 9.32 Å². The van der Waals surface area contributed by atoms with Crippen molar-refractivity contribution in [2.24, 2.45) is 0 Å². The van der Waals surface area contributed by atoms with Gasteiger partial charge in [0.2, 0.25) is 0 Å². The highest BCUT2D eigenvalue weighted by Crippen LogP contribution is 2.64. The molecule has 1 spiro atoms. The van der Waals surface area contributed by atoms with Crippen molar-refractivity contribution in [2.75, 3.05) is 4.90 Å². The SMILES string of the molecule is c1ccc(-c2ccccc2N(c2ccc3c(c2)C2(c4ccccc4-3)c3ccccc3-c3cccc4ccc(-c5ccccc5)c2c34)c2ccc3oc4ccccc4c3c2)cc1. The molecule has 0 saturated heterocycles. The van der Waals surface area contributed by atoms with Crippen LogP contribution >= 0.6 is 0 Å². The molecule has 0 N–H and O–H groups in total. The summed E-state index contributed by atoms with van der Waals surface area (Å²) in [6, 6.07) is 82.6. The van der Waals surface area contributed by atoms with Crippen molar-refractivity contribution >= 4 is 49.8 Å². The molecule has 0 amide bonds. The predicted molar refractivity (Wildman–Crippen MR) is 253 cm³/mol. The predicted octanol–water partition coefficient (Wildman–Crippen LogP) is 15.9. The molecule has 0 fully saturated rings. The van der Waals surface area contributed by atoms with Crippen LogP contribution in [0.25, 0.3) is 77.2 Å². The van der Waals surface area contributed by atoms with Crippen molar-refractivity contribution in [3.63, 3.8) is 0 Å². The van der Waals surface area contributed by atoms with E-state index < -0.39 is 5.41 Å². The van der Waals surface area contributed by atoms with Crippen LogP contribution in [0.2, 0.25) is 0 Å². The van der Waals surface area contributed by atoms with Gasteiger partial charge in [-0.15, -0.1) is 0 Å². The summed E-state index contributed by atoms with van der Waals surface area (Å²) >= 11 is 0. The van der Waals surface area contributed by atoms with Gasteiger partial charge in [-0.05, 0) is 114 Å². The van der Waals surface area contributed by atoms with Crippen LogP contribution in [0.1, 0.15) is 22.3 Å². The monoisotopic (exact) mass is 775 g/mol. The molecule has 61 heavy (non-hydrogen) atoms. The Kier molecular flexibility index (Phi) is 7.26. The zero-order chi connectivity index (χ0) is 40.1. The Bertz CT molecular complexity index is 3550. The number of furan rings is 1. The van der Waals surface area contributed by atoms with Crippen molar-refractivity contribution in [2.45, 2.75) is 5.41 Å². The highest BCUT2D eigenvalue weighted by atomic mass is 16.3. The third-order valence-electron chi connectivity index (χ3n) is 13.3. The molecule has 0 bridgehead atoms. The zero-order valence-corrected chi connectivity index (χ0v) is 33.2. The summed E-state index contributed by atoms with van der Waals surface area (Å²) in [4.78, 5) is 2.46. The van der Waals surface area contributed by atoms with E-state index in [0.29, 0.717) is 0 Å². The lowest BCUT2D eigenvalue weighted by atomic mass is 9.60. The van der Waals surface area contributed by atoms with Crippen LogP contribution in [0.4, 0.5) is 17.1 Å². The molecule has 0 aliphatic heterocycles. The average Bonchev–Trinajstić information content (AvgIpc) is 3.84. The van der Waals surface area contributed by atoms with Gasteiger partial charge in [-0.25, -0.2) is 0 Å². The molecule has 284 valence electrons. The van der Waals surface area contributed by atoms with Gasteiger partial charge in [0.1, 0.15) is 11.2 Å². The number of hydrogen-bond donors (Lipinski definition) is 0. The summed E-state index contributed by atoms with van der Waals surface area (Å²) in [5.74, 6) is 0. The molecule has 10 aromatic carbocycles. The Labute approximate surface area is 354 Å². The molecule has 2 aliphatic rings. The van der Waals surface area contributed by atoms with E-state index in [0.717, 1.165) is 44.6 Å². The number of hydrogen-bond acceptors (Lipinski definition) is 2. The zero-order valence-electron chi connectivity index (χ0n) is 33.2. The van der Waals surface area contributed by atoms with E-state index in [2.05, 4.69) is 223 Å². The lowest BCUT2D eigenvalue weighted by molar-refractivity contribution is 0.669. The molecule has 0 radical (unpaired) electrons. The van der Waals surface area contributed by atoms with E-state index in [1.807, 2.05) is 6.07 Å². The number of anilines is 3. The van der Waals surface area contributed by atoms with Crippen LogP contribution in [0.5, 0.6) is 0 Å². The fourth-order valence-electron chi connectivity index (χ4n) is 10.8. The molecular formula is C59H37NO. The second-order valence-corrected chi connectivity index (χ2v) is 16.3. The van der Waals surface area contributed by atoms with Crippen LogP contribution < -0.4 is 4.90 Å². The maximum absolute atomic E-state index is 6.38. The van der Waals surface area contributed by atoms with Crippen LogP contribution in [-0.4, -0.2) is 0 Å². The third-order valence-corrected chi connectivity index (χ3v) is 13.3. The average molecular weight is 776 g/mol. The summed E-state index contributed by atoms with van der Waals surface area (Å²) in [6.45, 7) is 0. The minimum Gasteiger partial charge on any atom is -0.456 e. The molecule has 1 unspecified atom stereocenters. The second-order valence-electron chi connectivity index (χ2n) is 16.3. The minimum absolute atomic E-state index is 0.618. The van der Waals surface area contributed by atoms with E-state index in [9.17, 15) is 0 Å². The maximum Gasteiger partial charge on any atom is 0.135 e. The highest BCUT2D eigenvalue weighted by Gasteiger charge is 2.51. The van der Waals surface area contributed by atoms with Crippen molar-refractivity contribution in [1.29, 1.82) is 0 Å². The van der Waals surface area contributed by atoms with Crippen LogP contribution in [0.3, 0.4) is 0 Å². The molecule has 1 atom stereocenters. The summed E-state index contributed by atoms with van der Waals surface area (Å²) in [5.41, 5.74) is 19.6. The van der Waals surface area contributed by atoms with Crippen LogP contribution in [-0.2, 0) is 5.41 Å². The van der Waals surface area contributed by atoms with Gasteiger partial charge in [0.05, 0.1) is 11.1 Å². The van der Waals surface area contributed by atoms with Gasteiger partial charge in [0.15, 0.2) is 0 Å². The molecular weight excluding hydrogens is 739 g/mol. The van der Waals surface area contributed by atoms with Crippen molar-refractivity contribution < 1.29 is 4.42 Å². The number of nitrogens with zero attached hydrogens (tertiary/aromatic N) is 1. The number of fused-ring (bicyclic) bond motifs is 12. The Morgan fingerprint density at radius 2 is 0.902 bits per heavy atom. The molecule has 2 nitrogen and oxygen atoms in total. The molecule has 2 aliphatic carbocycles. The summed E-state index contributed by atoms with van der Waals surface area (Å²) < 4.78 is 6.38. The summed E-state index contributed by atoms with van der Waals surface area (Å²) in [7, 11) is 0. The number of para-hydroxylation sites is 2. The van der Waals surface area contributed by atoms with Crippen molar-refractivity contribution in [3.05, 3.63) is 247 Å². The molecule has 1 aromatic heterocycles. The smallest absolute Gasteiger partial charge is 0.135 e. The molecule has 0 saturated carbocycles. The summed E-state index contributed by atoms with van der Waals surface area (Å²) in [6.07, 6.45) is 0. The minimum atomic E-state index is -0.618. The van der Waals surface area contributed by atoms with E-state index in [1.165, 1.54) is 72.0 Å². The van der Waals surface area contributed by atoms with Crippen molar-refractivity contribution in [3.8, 4) is 44.5 Å². The third kappa shape index (κ3) is 4.79. The van der Waals surface area contributed by atoms with E-state index in [-0.39, 0.29) is 0 Å². The Balaban J connectivity index is 1.16. The summed E-state index contributed by atoms with van der Waals surface area (Å²) in [5, 5.41) is 4.77. The normalized spacial score (nSPS) is 14.6. The Morgan fingerprint density at radius 1 is 0.344 bits per heavy atom. The van der Waals surface area contributed by atoms with E-state index >= 15 is 0 Å². The molecule has 11 aromatic rings. The van der Waals surface area contributed by atoms with Gasteiger partial charge in [-0.2, -0.15) is 0 Å². The first kappa shape index (κ1) is 34.0. The first-order chi connectivity index (χ1) is 30.3. The quantitative estimate of drug-likeness (QED) is 0.173. The highest BCUT2D eigenvalue weighted by molar-refractivity contribution is 6.11. The lowest BCUT2D eigenvalue weighted by Crippen LogP contribution is -2.32. The molecule has 13 rings (SSSR count). The largest absolute Gasteiger partial charge is 0.456 e. The standard InChI is InChI=1S/C59H37NO/c1-3-16-38(17-4-1)43-21-9-13-28-54(43)60(41-32-35-56-50(36-41)48-24-10-14-29-55(48)61-56)42-31-34-47-45-22-7-11-26-51(45)59(53(47)37-42)52-27-12-8-23-46(52)49-25-15-20-40-30-33-44(58(59)57(40)49)39-18-5-2-6-19-39/h1-37H. The topological polar surface area (TPSA) is 16.4 Å². The first-order valence-corrected chi connectivity index (χ1v) is 21.1. The Morgan fingerprint density at radius 3 is 1.69 bits per heavy atom. The van der Waals surface area contributed by atoms with Gasteiger partial charge in [0, 0.05) is 27.7 Å². The second kappa shape index (κ2) is 13.0. The van der Waals surface area contributed by atoms with Gasteiger partial charge in [-0.1, -0.05) is 182 Å². The number of rotatable bonds is 5. The maximum atomic E-state index is 6.38. The molecule has 2 heteroatoms. The van der Waals surface area contributed by atoms with Crippen LogP contribution in [0.15, 0.2) is 229 Å². The van der Waals surface area contributed by atoms with Gasteiger partial charge in [0.25, 0.3) is 0 Å².